The molecule has 0 fully saturated rings. The summed E-state index contributed by atoms with van der Waals surface area (Å²) in [6, 6.07) is 23.9. The molecule has 3 atom stereocenters. The van der Waals surface area contributed by atoms with Crippen LogP contribution >= 0.6 is 0 Å². The predicted octanol–water partition coefficient (Wildman–Crippen LogP) is 5.26. The van der Waals surface area contributed by atoms with Gasteiger partial charge in [-0.1, -0.05) is 92.2 Å². The first-order chi connectivity index (χ1) is 19.4. The van der Waals surface area contributed by atoms with E-state index >= 15 is 0 Å². The number of fused-ring (bicyclic) bond motifs is 3. The minimum Gasteiger partial charge on any atom is -0.480 e. The second kappa shape index (κ2) is 13.8. The Morgan fingerprint density at radius 2 is 1.48 bits per heavy atom. The molecule has 4 rings (SSSR count). The van der Waals surface area contributed by atoms with Crippen LogP contribution in [0.5, 0.6) is 0 Å². The topological polar surface area (TPSA) is 114 Å². The first kappa shape index (κ1) is 28.8. The number of carboxylic acid groups (broad SMARTS) is 1. The van der Waals surface area contributed by atoms with Crippen LogP contribution in [0.4, 0.5) is 4.79 Å². The number of alkyl carbamates (subject to hydrolysis) is 1. The number of ether oxygens (including phenoxy) is 2. The monoisotopic (exact) mass is 544 g/mol. The van der Waals surface area contributed by atoms with Gasteiger partial charge in [-0.3, -0.25) is 4.79 Å². The fraction of sp³-hybridized carbons (Fsp3) is 0.344. The van der Waals surface area contributed by atoms with Gasteiger partial charge in [-0.15, -0.1) is 0 Å². The number of carbonyl (C=O) groups is 3. The van der Waals surface area contributed by atoms with E-state index in [1.807, 2.05) is 61.5 Å². The number of amides is 2. The molecule has 210 valence electrons. The number of rotatable bonds is 13. The predicted molar refractivity (Wildman–Crippen MR) is 152 cm³/mol. The quantitative estimate of drug-likeness (QED) is 0.271. The maximum atomic E-state index is 12.8. The molecule has 0 spiro atoms. The molecule has 2 amide bonds. The number of aliphatic carboxylic acids is 1. The van der Waals surface area contributed by atoms with Gasteiger partial charge in [0, 0.05) is 18.4 Å². The summed E-state index contributed by atoms with van der Waals surface area (Å²) < 4.78 is 11.3. The van der Waals surface area contributed by atoms with Gasteiger partial charge in [0.25, 0.3) is 0 Å². The number of benzene rings is 3. The maximum absolute atomic E-state index is 12.8. The second-order valence-corrected chi connectivity index (χ2v) is 10.0. The van der Waals surface area contributed by atoms with Crippen LogP contribution in [0, 0.1) is 0 Å². The highest BCUT2D eigenvalue weighted by Crippen LogP contribution is 2.44. The molecule has 0 radical (unpaired) electrons. The Hall–Kier alpha value is -4.17. The molecule has 3 unspecified atom stereocenters. The smallest absolute Gasteiger partial charge is 0.407 e. The molecule has 0 bridgehead atoms. The molecular weight excluding hydrogens is 508 g/mol. The van der Waals surface area contributed by atoms with Crippen LogP contribution < -0.4 is 10.6 Å². The van der Waals surface area contributed by atoms with Gasteiger partial charge in [0.15, 0.2) is 6.04 Å². The Labute approximate surface area is 234 Å². The minimum atomic E-state index is -1.23. The van der Waals surface area contributed by atoms with Crippen molar-refractivity contribution in [2.24, 2.45) is 0 Å². The Bertz CT molecular complexity index is 1270. The molecule has 1 aliphatic carbocycles. The fourth-order valence-electron chi connectivity index (χ4n) is 5.11. The molecule has 3 aromatic rings. The van der Waals surface area contributed by atoms with Gasteiger partial charge in [-0.2, -0.15) is 0 Å². The van der Waals surface area contributed by atoms with E-state index in [0.29, 0.717) is 6.42 Å². The molecule has 40 heavy (non-hydrogen) atoms. The van der Waals surface area contributed by atoms with E-state index in [9.17, 15) is 19.5 Å². The largest absolute Gasteiger partial charge is 0.480 e. The molecule has 8 heteroatoms. The van der Waals surface area contributed by atoms with E-state index in [-0.39, 0.29) is 25.6 Å². The Morgan fingerprint density at radius 1 is 0.875 bits per heavy atom. The Kier molecular flexibility index (Phi) is 9.91. The van der Waals surface area contributed by atoms with Gasteiger partial charge in [-0.05, 0) is 41.2 Å². The van der Waals surface area contributed by atoms with E-state index in [0.717, 1.165) is 34.2 Å². The van der Waals surface area contributed by atoms with Crippen molar-refractivity contribution in [3.8, 4) is 11.1 Å². The zero-order valence-electron chi connectivity index (χ0n) is 22.8. The van der Waals surface area contributed by atoms with Crippen LogP contribution in [-0.4, -0.2) is 47.9 Å². The molecule has 0 heterocycles. The van der Waals surface area contributed by atoms with Crippen molar-refractivity contribution in [1.82, 2.24) is 10.6 Å². The molecule has 3 aromatic carbocycles. The Balaban J connectivity index is 1.31. The van der Waals surface area contributed by atoms with Crippen molar-refractivity contribution in [3.63, 3.8) is 0 Å². The lowest BCUT2D eigenvalue weighted by molar-refractivity contribution is -0.146. The van der Waals surface area contributed by atoms with Gasteiger partial charge < -0.3 is 25.2 Å². The Morgan fingerprint density at radius 3 is 2.08 bits per heavy atom. The van der Waals surface area contributed by atoms with Crippen LogP contribution in [0.1, 0.15) is 55.7 Å². The van der Waals surface area contributed by atoms with Crippen LogP contribution in [0.2, 0.25) is 0 Å². The molecule has 0 saturated carbocycles. The number of carboxylic acids is 1. The van der Waals surface area contributed by atoms with Gasteiger partial charge in [-0.25, -0.2) is 9.59 Å². The average molecular weight is 545 g/mol. The van der Waals surface area contributed by atoms with Crippen LogP contribution in [-0.2, 0) is 25.7 Å². The van der Waals surface area contributed by atoms with Crippen molar-refractivity contribution in [3.05, 3.63) is 95.6 Å². The van der Waals surface area contributed by atoms with E-state index < -0.39 is 36.2 Å². The van der Waals surface area contributed by atoms with Crippen molar-refractivity contribution in [2.75, 3.05) is 6.61 Å². The third kappa shape index (κ3) is 7.27. The lowest BCUT2D eigenvalue weighted by Gasteiger charge is -2.24. The summed E-state index contributed by atoms with van der Waals surface area (Å²) in [5.74, 6) is -1.75. The summed E-state index contributed by atoms with van der Waals surface area (Å²) >= 11 is 0. The van der Waals surface area contributed by atoms with Crippen LogP contribution in [0.25, 0.3) is 11.1 Å². The summed E-state index contributed by atoms with van der Waals surface area (Å²) in [6.45, 7) is 3.95. The van der Waals surface area contributed by atoms with E-state index in [1.54, 1.807) is 6.92 Å². The molecule has 1 aliphatic rings. The number of nitrogens with one attached hydrogen (secondary N) is 2. The van der Waals surface area contributed by atoms with Crippen LogP contribution in [0.15, 0.2) is 78.9 Å². The summed E-state index contributed by atoms with van der Waals surface area (Å²) in [7, 11) is 0. The fourth-order valence-corrected chi connectivity index (χ4v) is 5.11. The number of hydrogen-bond acceptors (Lipinski definition) is 5. The molecular formula is C32H36N2O6. The van der Waals surface area contributed by atoms with Gasteiger partial charge in [0.1, 0.15) is 6.61 Å². The highest BCUT2D eigenvalue weighted by atomic mass is 16.5. The summed E-state index contributed by atoms with van der Waals surface area (Å²) in [4.78, 5) is 37.5. The van der Waals surface area contributed by atoms with Crippen molar-refractivity contribution >= 4 is 18.0 Å². The van der Waals surface area contributed by atoms with Gasteiger partial charge in [0.05, 0.1) is 12.7 Å². The van der Waals surface area contributed by atoms with E-state index in [1.165, 1.54) is 0 Å². The molecule has 8 nitrogen and oxygen atoms in total. The standard InChI is InChI=1S/C32H36N2O6/c1-3-11-23(18-29(35)34-30(31(36)37)21(2)39-19-22-12-5-4-6-13-22)33-32(38)40-20-28-26-16-9-7-14-24(26)25-15-8-10-17-27(25)28/h4-10,12-17,21,23,28,30H,3,11,18-20H2,1-2H3,(H,33,38)(H,34,35)(H,36,37). The lowest BCUT2D eigenvalue weighted by Crippen LogP contribution is -2.50. The number of hydrogen-bond donors (Lipinski definition) is 3. The maximum Gasteiger partial charge on any atom is 0.407 e. The summed E-state index contributed by atoms with van der Waals surface area (Å²) in [5.41, 5.74) is 5.42. The molecule has 0 aliphatic heterocycles. The van der Waals surface area contributed by atoms with E-state index in [4.69, 9.17) is 9.47 Å². The van der Waals surface area contributed by atoms with Gasteiger partial charge in [0.2, 0.25) is 5.91 Å². The first-order valence-electron chi connectivity index (χ1n) is 13.7. The molecule has 0 aromatic heterocycles. The van der Waals surface area contributed by atoms with Crippen molar-refractivity contribution in [1.29, 1.82) is 0 Å². The SMILES string of the molecule is CCCC(CC(=O)NC(C(=O)O)C(C)OCc1ccccc1)NC(=O)OCC1c2ccccc2-c2ccccc21. The summed E-state index contributed by atoms with van der Waals surface area (Å²) in [5, 5.41) is 15.1. The zero-order valence-corrected chi connectivity index (χ0v) is 22.8. The molecule has 0 saturated heterocycles. The number of carbonyl (C=O) groups excluding carboxylic acids is 2. The lowest BCUT2D eigenvalue weighted by atomic mass is 9.98. The van der Waals surface area contributed by atoms with Gasteiger partial charge >= 0.3 is 12.1 Å². The van der Waals surface area contributed by atoms with Crippen LogP contribution in [0.3, 0.4) is 0 Å². The third-order valence-corrected chi connectivity index (χ3v) is 7.14. The normalized spacial score (nSPS) is 14.3. The average Bonchev–Trinajstić information content (AvgIpc) is 3.27. The highest BCUT2D eigenvalue weighted by Gasteiger charge is 2.30. The zero-order chi connectivity index (χ0) is 28.5. The van der Waals surface area contributed by atoms with Crippen molar-refractivity contribution in [2.45, 2.75) is 63.8 Å². The second-order valence-electron chi connectivity index (χ2n) is 10.0. The minimum absolute atomic E-state index is 0.0697. The third-order valence-electron chi connectivity index (χ3n) is 7.14. The summed E-state index contributed by atoms with van der Waals surface area (Å²) in [6.07, 6.45) is -0.188. The van der Waals surface area contributed by atoms with E-state index in [2.05, 4.69) is 34.9 Å². The first-order valence-corrected chi connectivity index (χ1v) is 13.7. The van der Waals surface area contributed by atoms with Crippen molar-refractivity contribution < 1.29 is 29.0 Å². The molecule has 3 N–H and O–H groups in total. The highest BCUT2D eigenvalue weighted by molar-refractivity contribution is 5.84.